The smallest absolute Gasteiger partial charge is 0.289 e. The number of hydrogen-bond acceptors (Lipinski definition) is 6. The van der Waals surface area contributed by atoms with Crippen LogP contribution in [-0.4, -0.2) is 47.5 Å². The summed E-state index contributed by atoms with van der Waals surface area (Å²) in [6.07, 6.45) is -0.0338. The van der Waals surface area contributed by atoms with Gasteiger partial charge in [-0.25, -0.2) is 0 Å². The van der Waals surface area contributed by atoms with Crippen molar-refractivity contribution in [3.8, 4) is 11.5 Å². The Morgan fingerprint density at radius 2 is 1.76 bits per heavy atom. The number of rotatable bonds is 9. The highest BCUT2D eigenvalue weighted by Crippen LogP contribution is 2.29. The summed E-state index contributed by atoms with van der Waals surface area (Å²) in [4.78, 5) is 37.5. The number of para-hydroxylation sites is 1. The first kappa shape index (κ1) is 20.9. The predicted molar refractivity (Wildman–Crippen MR) is 110 cm³/mol. The van der Waals surface area contributed by atoms with Crippen LogP contribution in [0.15, 0.2) is 54.6 Å². The second kappa shape index (κ2) is 10.1. The van der Waals surface area contributed by atoms with Crippen molar-refractivity contribution in [2.45, 2.75) is 18.2 Å². The molecule has 0 spiro atoms. The van der Waals surface area contributed by atoms with Gasteiger partial charge in [-0.1, -0.05) is 42.1 Å². The van der Waals surface area contributed by atoms with E-state index in [9.17, 15) is 14.4 Å². The van der Waals surface area contributed by atoms with Crippen molar-refractivity contribution in [2.24, 2.45) is 0 Å². The molecule has 1 aliphatic heterocycles. The molecule has 29 heavy (non-hydrogen) atoms. The summed E-state index contributed by atoms with van der Waals surface area (Å²) in [5, 5.41) is 1.77. The van der Waals surface area contributed by atoms with Crippen LogP contribution in [0.25, 0.3) is 0 Å². The van der Waals surface area contributed by atoms with Crippen molar-refractivity contribution in [2.75, 3.05) is 20.3 Å². The molecule has 0 aliphatic carbocycles. The third-order valence-electron chi connectivity index (χ3n) is 4.29. The van der Waals surface area contributed by atoms with Crippen LogP contribution in [0.4, 0.5) is 4.79 Å². The summed E-state index contributed by atoms with van der Waals surface area (Å²) in [5.41, 5.74) is 0.905. The third-order valence-corrected chi connectivity index (χ3v) is 5.36. The lowest BCUT2D eigenvalue weighted by molar-refractivity contribution is -0.130. The molecule has 3 rings (SSSR count). The Bertz CT molecular complexity index is 857. The van der Waals surface area contributed by atoms with Crippen LogP contribution in [0, 0.1) is 0 Å². The Labute approximate surface area is 173 Å². The third kappa shape index (κ3) is 5.82. The highest BCUT2D eigenvalue weighted by molar-refractivity contribution is 8.15. The molecule has 2 aromatic rings. The molecule has 0 radical (unpaired) electrons. The van der Waals surface area contributed by atoms with Gasteiger partial charge in [-0.2, -0.15) is 0 Å². The van der Waals surface area contributed by atoms with Gasteiger partial charge in [-0.05, 0) is 29.8 Å². The largest absolute Gasteiger partial charge is 0.457 e. The second-order valence-electron chi connectivity index (χ2n) is 6.39. The minimum Gasteiger partial charge on any atom is -0.457 e. The minimum absolute atomic E-state index is 0.0338. The summed E-state index contributed by atoms with van der Waals surface area (Å²) < 4.78 is 10.6. The molecule has 8 heteroatoms. The lowest BCUT2D eigenvalue weighted by Gasteiger charge is -2.13. The topological polar surface area (TPSA) is 84.9 Å². The fraction of sp³-hybridized carbons (Fsp3) is 0.286. The summed E-state index contributed by atoms with van der Waals surface area (Å²) in [6.45, 7) is 0.814. The maximum Gasteiger partial charge on any atom is 0.289 e. The Morgan fingerprint density at radius 1 is 1.07 bits per heavy atom. The van der Waals surface area contributed by atoms with Gasteiger partial charge in [0.25, 0.3) is 5.24 Å². The number of nitrogens with one attached hydrogen (secondary N) is 1. The molecule has 1 fully saturated rings. The lowest BCUT2D eigenvalue weighted by Crippen LogP contribution is -2.36. The zero-order valence-electron chi connectivity index (χ0n) is 16.0. The number of amides is 3. The highest BCUT2D eigenvalue weighted by atomic mass is 32.2. The second-order valence-corrected chi connectivity index (χ2v) is 7.55. The number of ether oxygens (including phenoxy) is 2. The van der Waals surface area contributed by atoms with Crippen LogP contribution >= 0.6 is 11.8 Å². The molecule has 3 amide bonds. The van der Waals surface area contributed by atoms with E-state index >= 15 is 0 Å². The molecular formula is C21H22N2O5S. The van der Waals surface area contributed by atoms with Crippen molar-refractivity contribution < 1.29 is 23.9 Å². The average Bonchev–Trinajstić information content (AvgIpc) is 2.99. The Balaban J connectivity index is 1.46. The van der Waals surface area contributed by atoms with Gasteiger partial charge in [-0.3, -0.25) is 19.3 Å². The molecule has 0 bridgehead atoms. The molecule has 1 N–H and O–H groups in total. The quantitative estimate of drug-likeness (QED) is 0.678. The molecule has 1 saturated heterocycles. The number of carbonyl (C=O) groups is 3. The number of nitrogens with zero attached hydrogens (tertiary/aromatic N) is 1. The van der Waals surface area contributed by atoms with Gasteiger partial charge in [0.2, 0.25) is 11.8 Å². The minimum atomic E-state index is -0.680. The fourth-order valence-corrected chi connectivity index (χ4v) is 3.77. The molecule has 1 unspecified atom stereocenters. The SMILES string of the molecule is COCCN1C(=O)SC(CC(=O)NCc2ccc(Oc3ccccc3)cc2)C1=O. The first-order chi connectivity index (χ1) is 14.1. The van der Waals surface area contributed by atoms with Gasteiger partial charge in [-0.15, -0.1) is 0 Å². The summed E-state index contributed by atoms with van der Waals surface area (Å²) in [6, 6.07) is 16.9. The number of methoxy groups -OCH3 is 1. The molecular weight excluding hydrogens is 392 g/mol. The molecule has 0 saturated carbocycles. The van der Waals surface area contributed by atoms with Crippen molar-refractivity contribution in [3.63, 3.8) is 0 Å². The number of hydrogen-bond donors (Lipinski definition) is 1. The van der Waals surface area contributed by atoms with E-state index in [0.29, 0.717) is 12.3 Å². The van der Waals surface area contributed by atoms with Gasteiger partial charge in [0, 0.05) is 20.1 Å². The zero-order valence-corrected chi connectivity index (χ0v) is 16.8. The first-order valence-corrected chi connectivity index (χ1v) is 10.0. The van der Waals surface area contributed by atoms with Gasteiger partial charge in [0.1, 0.15) is 16.7 Å². The zero-order chi connectivity index (χ0) is 20.6. The van der Waals surface area contributed by atoms with Crippen molar-refractivity contribution >= 4 is 28.8 Å². The van der Waals surface area contributed by atoms with E-state index in [-0.39, 0.29) is 36.6 Å². The Kier molecular flexibility index (Phi) is 7.26. The van der Waals surface area contributed by atoms with Crippen LogP contribution in [0.1, 0.15) is 12.0 Å². The van der Waals surface area contributed by atoms with E-state index in [4.69, 9.17) is 9.47 Å². The van der Waals surface area contributed by atoms with Gasteiger partial charge >= 0.3 is 0 Å². The van der Waals surface area contributed by atoms with Gasteiger partial charge in [0.15, 0.2) is 0 Å². The van der Waals surface area contributed by atoms with Gasteiger partial charge in [0.05, 0.1) is 13.2 Å². The van der Waals surface area contributed by atoms with E-state index in [1.54, 1.807) is 0 Å². The standard InChI is InChI=1S/C21H22N2O5S/c1-27-12-11-23-20(25)18(29-21(23)26)13-19(24)22-14-15-7-9-17(10-8-15)28-16-5-3-2-4-6-16/h2-10,18H,11-14H2,1H3,(H,22,24). The predicted octanol–water partition coefficient (Wildman–Crippen LogP) is 3.20. The number of thioether (sulfide) groups is 1. The van der Waals surface area contributed by atoms with E-state index in [0.717, 1.165) is 28.0 Å². The molecule has 2 aromatic carbocycles. The van der Waals surface area contributed by atoms with Crippen LogP contribution in [0.5, 0.6) is 11.5 Å². The monoisotopic (exact) mass is 414 g/mol. The average molecular weight is 414 g/mol. The molecule has 1 aliphatic rings. The van der Waals surface area contributed by atoms with Crippen molar-refractivity contribution in [1.29, 1.82) is 0 Å². The molecule has 7 nitrogen and oxygen atoms in total. The van der Waals surface area contributed by atoms with Crippen LogP contribution in [0.3, 0.4) is 0 Å². The van der Waals surface area contributed by atoms with Crippen LogP contribution < -0.4 is 10.1 Å². The molecule has 0 aromatic heterocycles. The van der Waals surface area contributed by atoms with Gasteiger partial charge < -0.3 is 14.8 Å². The highest BCUT2D eigenvalue weighted by Gasteiger charge is 2.40. The fourth-order valence-electron chi connectivity index (χ4n) is 2.75. The number of imide groups is 1. The Hall–Kier alpha value is -2.84. The lowest BCUT2D eigenvalue weighted by atomic mass is 10.2. The van der Waals surface area contributed by atoms with Crippen molar-refractivity contribution in [1.82, 2.24) is 10.2 Å². The molecule has 1 atom stereocenters. The van der Waals surface area contributed by atoms with E-state index in [2.05, 4.69) is 5.32 Å². The number of benzene rings is 2. The number of carbonyl (C=O) groups excluding carboxylic acids is 3. The first-order valence-electron chi connectivity index (χ1n) is 9.16. The maximum absolute atomic E-state index is 12.3. The maximum atomic E-state index is 12.3. The normalized spacial score (nSPS) is 16.2. The summed E-state index contributed by atoms with van der Waals surface area (Å²) in [7, 11) is 1.50. The van der Waals surface area contributed by atoms with E-state index in [1.165, 1.54) is 7.11 Å². The van der Waals surface area contributed by atoms with E-state index in [1.807, 2.05) is 54.6 Å². The summed E-state index contributed by atoms with van der Waals surface area (Å²) >= 11 is 0.890. The molecule has 1 heterocycles. The van der Waals surface area contributed by atoms with E-state index < -0.39 is 5.25 Å². The van der Waals surface area contributed by atoms with Crippen molar-refractivity contribution in [3.05, 3.63) is 60.2 Å². The summed E-state index contributed by atoms with van der Waals surface area (Å²) in [5.74, 6) is 0.840. The Morgan fingerprint density at radius 3 is 2.45 bits per heavy atom. The van der Waals surface area contributed by atoms with Crippen LogP contribution in [-0.2, 0) is 20.9 Å². The molecule has 152 valence electrons. The van der Waals surface area contributed by atoms with Crippen LogP contribution in [0.2, 0.25) is 0 Å².